The topological polar surface area (TPSA) is 46.2 Å². The molecule has 1 aromatic carbocycles. The minimum Gasteiger partial charge on any atom is -0.497 e. The number of methoxy groups -OCH3 is 1. The number of rotatable bonds is 5. The molecule has 0 fully saturated rings. The molecule has 19 heavy (non-hydrogen) atoms. The highest BCUT2D eigenvalue weighted by Gasteiger charge is 2.06. The van der Waals surface area contributed by atoms with Crippen LogP contribution in [0, 0.1) is 0 Å². The molecule has 0 bridgehead atoms. The molecule has 2 rings (SSSR count). The summed E-state index contributed by atoms with van der Waals surface area (Å²) in [6.07, 6.45) is 0. The molecule has 0 saturated carbocycles. The number of ether oxygens (including phenoxy) is 1. The van der Waals surface area contributed by atoms with Crippen molar-refractivity contribution in [3.63, 3.8) is 0 Å². The SMILES string of the molecule is CNc1cccc(NC(C)c2ccc(OC)cc2)n1. The van der Waals surface area contributed by atoms with Crippen LogP contribution in [0.15, 0.2) is 42.5 Å². The second kappa shape index (κ2) is 6.09. The van der Waals surface area contributed by atoms with Gasteiger partial charge in [-0.15, -0.1) is 0 Å². The van der Waals surface area contributed by atoms with Crippen LogP contribution in [0.25, 0.3) is 0 Å². The van der Waals surface area contributed by atoms with Gasteiger partial charge in [-0.3, -0.25) is 0 Å². The molecule has 0 radical (unpaired) electrons. The molecule has 2 N–H and O–H groups in total. The van der Waals surface area contributed by atoms with Gasteiger partial charge in [0.2, 0.25) is 0 Å². The van der Waals surface area contributed by atoms with Gasteiger partial charge in [0.1, 0.15) is 17.4 Å². The first-order chi connectivity index (χ1) is 9.22. The van der Waals surface area contributed by atoms with Gasteiger partial charge >= 0.3 is 0 Å². The van der Waals surface area contributed by atoms with Crippen LogP contribution >= 0.6 is 0 Å². The Morgan fingerprint density at radius 1 is 1.05 bits per heavy atom. The minimum atomic E-state index is 0.186. The van der Waals surface area contributed by atoms with Crippen molar-refractivity contribution in [2.45, 2.75) is 13.0 Å². The fourth-order valence-electron chi connectivity index (χ4n) is 1.85. The maximum absolute atomic E-state index is 5.16. The zero-order chi connectivity index (χ0) is 13.7. The van der Waals surface area contributed by atoms with Crippen LogP contribution in [-0.2, 0) is 0 Å². The van der Waals surface area contributed by atoms with E-state index in [2.05, 4.69) is 34.7 Å². The fraction of sp³-hybridized carbons (Fsp3) is 0.267. The molecule has 0 aliphatic carbocycles. The van der Waals surface area contributed by atoms with Gasteiger partial charge in [-0.2, -0.15) is 0 Å². The Hall–Kier alpha value is -2.23. The van der Waals surface area contributed by atoms with E-state index >= 15 is 0 Å². The minimum absolute atomic E-state index is 0.186. The number of aromatic nitrogens is 1. The number of nitrogens with zero attached hydrogens (tertiary/aromatic N) is 1. The van der Waals surface area contributed by atoms with Crippen LogP contribution in [0.1, 0.15) is 18.5 Å². The Morgan fingerprint density at radius 2 is 1.74 bits per heavy atom. The van der Waals surface area contributed by atoms with E-state index in [0.29, 0.717) is 0 Å². The third-order valence-corrected chi connectivity index (χ3v) is 2.99. The Kier molecular flexibility index (Phi) is 4.23. The number of hydrogen-bond donors (Lipinski definition) is 2. The molecule has 0 spiro atoms. The molecular formula is C15H19N3O. The van der Waals surface area contributed by atoms with Crippen LogP contribution in [0.2, 0.25) is 0 Å². The summed E-state index contributed by atoms with van der Waals surface area (Å²) in [5.74, 6) is 2.58. The maximum atomic E-state index is 5.16. The van der Waals surface area contributed by atoms with Gasteiger partial charge < -0.3 is 15.4 Å². The average molecular weight is 257 g/mol. The zero-order valence-corrected chi connectivity index (χ0v) is 11.5. The fourth-order valence-corrected chi connectivity index (χ4v) is 1.85. The first-order valence-corrected chi connectivity index (χ1v) is 6.28. The van der Waals surface area contributed by atoms with Crippen molar-refractivity contribution in [1.82, 2.24) is 4.98 Å². The van der Waals surface area contributed by atoms with E-state index in [4.69, 9.17) is 4.74 Å². The molecule has 0 saturated heterocycles. The van der Waals surface area contributed by atoms with Crippen molar-refractivity contribution in [2.24, 2.45) is 0 Å². The number of hydrogen-bond acceptors (Lipinski definition) is 4. The highest BCUT2D eigenvalue weighted by molar-refractivity contribution is 5.46. The molecule has 1 aromatic heterocycles. The summed E-state index contributed by atoms with van der Waals surface area (Å²) in [5, 5.41) is 6.41. The predicted octanol–water partition coefficient (Wildman–Crippen LogP) is 3.31. The van der Waals surface area contributed by atoms with Gasteiger partial charge in [-0.1, -0.05) is 18.2 Å². The molecule has 100 valence electrons. The zero-order valence-electron chi connectivity index (χ0n) is 11.5. The van der Waals surface area contributed by atoms with E-state index in [1.165, 1.54) is 5.56 Å². The average Bonchev–Trinajstić information content (AvgIpc) is 2.47. The van der Waals surface area contributed by atoms with E-state index < -0.39 is 0 Å². The summed E-state index contributed by atoms with van der Waals surface area (Å²) in [5.41, 5.74) is 1.19. The molecule has 0 aliphatic heterocycles. The van der Waals surface area contributed by atoms with E-state index in [9.17, 15) is 0 Å². The first-order valence-electron chi connectivity index (χ1n) is 6.28. The molecule has 4 heteroatoms. The Balaban J connectivity index is 2.08. The molecule has 2 aromatic rings. The van der Waals surface area contributed by atoms with Crippen LogP contribution in [0.4, 0.5) is 11.6 Å². The van der Waals surface area contributed by atoms with Crippen LogP contribution in [0.5, 0.6) is 5.75 Å². The van der Waals surface area contributed by atoms with Gasteiger partial charge in [-0.25, -0.2) is 4.98 Å². The summed E-state index contributed by atoms with van der Waals surface area (Å²) in [7, 11) is 3.53. The molecule has 1 unspecified atom stereocenters. The molecule has 0 aliphatic rings. The lowest BCUT2D eigenvalue weighted by Crippen LogP contribution is -2.08. The summed E-state index contributed by atoms with van der Waals surface area (Å²) in [6, 6.07) is 14.1. The molecule has 4 nitrogen and oxygen atoms in total. The van der Waals surface area contributed by atoms with Crippen LogP contribution in [0.3, 0.4) is 0 Å². The van der Waals surface area contributed by atoms with Crippen molar-refractivity contribution in [1.29, 1.82) is 0 Å². The summed E-state index contributed by atoms with van der Waals surface area (Å²) in [4.78, 5) is 4.44. The van der Waals surface area contributed by atoms with Crippen LogP contribution < -0.4 is 15.4 Å². The lowest BCUT2D eigenvalue weighted by Gasteiger charge is -2.15. The van der Waals surface area contributed by atoms with Crippen molar-refractivity contribution >= 4 is 11.6 Å². The smallest absolute Gasteiger partial charge is 0.128 e. The maximum Gasteiger partial charge on any atom is 0.128 e. The summed E-state index contributed by atoms with van der Waals surface area (Å²) >= 11 is 0. The normalized spacial score (nSPS) is 11.7. The van der Waals surface area contributed by atoms with E-state index in [1.54, 1.807) is 7.11 Å². The third-order valence-electron chi connectivity index (χ3n) is 2.99. The molecule has 0 amide bonds. The lowest BCUT2D eigenvalue weighted by atomic mass is 10.1. The van der Waals surface area contributed by atoms with Gasteiger partial charge in [0, 0.05) is 13.1 Å². The first kappa shape index (κ1) is 13.2. The van der Waals surface area contributed by atoms with Gasteiger partial charge in [-0.05, 0) is 36.8 Å². The van der Waals surface area contributed by atoms with Crippen LogP contribution in [-0.4, -0.2) is 19.1 Å². The summed E-state index contributed by atoms with van der Waals surface area (Å²) < 4.78 is 5.16. The molecule has 1 atom stereocenters. The number of nitrogens with one attached hydrogen (secondary N) is 2. The van der Waals surface area contributed by atoms with Gasteiger partial charge in [0.25, 0.3) is 0 Å². The highest BCUT2D eigenvalue weighted by Crippen LogP contribution is 2.21. The van der Waals surface area contributed by atoms with E-state index in [-0.39, 0.29) is 6.04 Å². The second-order valence-electron chi connectivity index (χ2n) is 4.30. The quantitative estimate of drug-likeness (QED) is 0.862. The van der Waals surface area contributed by atoms with Crippen molar-refractivity contribution in [3.8, 4) is 5.75 Å². The number of anilines is 2. The van der Waals surface area contributed by atoms with Crippen molar-refractivity contribution in [2.75, 3.05) is 24.8 Å². The van der Waals surface area contributed by atoms with Crippen molar-refractivity contribution < 1.29 is 4.74 Å². The lowest BCUT2D eigenvalue weighted by molar-refractivity contribution is 0.414. The number of benzene rings is 1. The molecule has 1 heterocycles. The largest absolute Gasteiger partial charge is 0.497 e. The Bertz CT molecular complexity index is 525. The van der Waals surface area contributed by atoms with E-state index in [1.807, 2.05) is 37.4 Å². The standard InChI is InChI=1S/C15H19N3O/c1-11(12-7-9-13(19-3)10-8-12)17-15-6-4-5-14(16-2)18-15/h4-11H,1-3H3,(H2,16,17,18). The summed E-state index contributed by atoms with van der Waals surface area (Å²) in [6.45, 7) is 2.11. The van der Waals surface area contributed by atoms with E-state index in [0.717, 1.165) is 17.4 Å². The Morgan fingerprint density at radius 3 is 2.37 bits per heavy atom. The highest BCUT2D eigenvalue weighted by atomic mass is 16.5. The van der Waals surface area contributed by atoms with Gasteiger partial charge in [0.15, 0.2) is 0 Å². The van der Waals surface area contributed by atoms with Gasteiger partial charge in [0.05, 0.1) is 7.11 Å². The Labute approximate surface area is 113 Å². The number of pyridine rings is 1. The monoisotopic (exact) mass is 257 g/mol. The second-order valence-corrected chi connectivity index (χ2v) is 4.30. The predicted molar refractivity (Wildman–Crippen MR) is 78.8 cm³/mol. The third kappa shape index (κ3) is 3.37. The van der Waals surface area contributed by atoms with Crippen molar-refractivity contribution in [3.05, 3.63) is 48.0 Å². The molecular weight excluding hydrogens is 238 g/mol.